The predicted octanol–water partition coefficient (Wildman–Crippen LogP) is 3.40. The van der Waals surface area contributed by atoms with E-state index in [0.29, 0.717) is 5.95 Å². The van der Waals surface area contributed by atoms with Crippen molar-refractivity contribution >= 4 is 33.3 Å². The van der Waals surface area contributed by atoms with Crippen LogP contribution in [0.3, 0.4) is 0 Å². The molecule has 0 bridgehead atoms. The lowest BCUT2D eigenvalue weighted by Crippen LogP contribution is -2.08. The van der Waals surface area contributed by atoms with Gasteiger partial charge >= 0.3 is 0 Å². The lowest BCUT2D eigenvalue weighted by Gasteiger charge is -2.09. The predicted molar refractivity (Wildman–Crippen MR) is 90.4 cm³/mol. The number of hydrogen-bond donors (Lipinski definition) is 3. The van der Waals surface area contributed by atoms with E-state index in [-0.39, 0.29) is 6.61 Å². The third-order valence-corrected chi connectivity index (χ3v) is 4.12. The van der Waals surface area contributed by atoms with Gasteiger partial charge in [-0.05, 0) is 38.7 Å². The minimum atomic E-state index is 0.270. The summed E-state index contributed by atoms with van der Waals surface area (Å²) in [7, 11) is 0. The first kappa shape index (κ1) is 16.0. The lowest BCUT2D eigenvalue weighted by atomic mass is 10.2. The second-order valence-corrected chi connectivity index (χ2v) is 6.34. The molecule has 0 aliphatic rings. The number of aryl methyl sites for hydroxylation is 1. The second-order valence-electron chi connectivity index (χ2n) is 5.11. The number of aromatic nitrogens is 2. The SMILES string of the molecule is CCCNc1nc(NCCCCCO)c2cc(C)sc2n1. The maximum absolute atomic E-state index is 8.80. The molecule has 3 N–H and O–H groups in total. The third-order valence-electron chi connectivity index (χ3n) is 3.18. The molecule has 2 aromatic heterocycles. The quantitative estimate of drug-likeness (QED) is 0.619. The number of nitrogens with zero attached hydrogens (tertiary/aromatic N) is 2. The summed E-state index contributed by atoms with van der Waals surface area (Å²) in [5.74, 6) is 1.61. The van der Waals surface area contributed by atoms with Crippen molar-refractivity contribution in [3.63, 3.8) is 0 Å². The van der Waals surface area contributed by atoms with Crippen LogP contribution in [0.1, 0.15) is 37.5 Å². The van der Waals surface area contributed by atoms with Gasteiger partial charge in [-0.1, -0.05) is 6.92 Å². The Kier molecular flexibility index (Phi) is 6.20. The van der Waals surface area contributed by atoms with Crippen molar-refractivity contribution < 1.29 is 5.11 Å². The lowest BCUT2D eigenvalue weighted by molar-refractivity contribution is 0.283. The summed E-state index contributed by atoms with van der Waals surface area (Å²) in [4.78, 5) is 11.4. The first-order chi connectivity index (χ1) is 10.2. The Hall–Kier alpha value is -1.40. The molecule has 0 fully saturated rings. The molecule has 0 atom stereocenters. The number of rotatable bonds is 9. The number of unbranched alkanes of at least 4 members (excludes halogenated alkanes) is 2. The van der Waals surface area contributed by atoms with Crippen molar-refractivity contribution in [2.75, 3.05) is 30.3 Å². The van der Waals surface area contributed by atoms with Crippen molar-refractivity contribution in [1.29, 1.82) is 0 Å². The van der Waals surface area contributed by atoms with Crippen molar-refractivity contribution in [2.45, 2.75) is 39.5 Å². The minimum Gasteiger partial charge on any atom is -0.396 e. The Bertz CT molecular complexity index is 570. The highest BCUT2D eigenvalue weighted by molar-refractivity contribution is 7.18. The van der Waals surface area contributed by atoms with E-state index in [1.807, 2.05) is 0 Å². The van der Waals surface area contributed by atoms with E-state index in [2.05, 4.69) is 40.5 Å². The van der Waals surface area contributed by atoms with Crippen LogP contribution in [0, 0.1) is 6.92 Å². The average Bonchev–Trinajstić information content (AvgIpc) is 2.85. The molecular formula is C15H24N4OS. The first-order valence-electron chi connectivity index (χ1n) is 7.61. The van der Waals surface area contributed by atoms with Crippen LogP contribution in [0.4, 0.5) is 11.8 Å². The van der Waals surface area contributed by atoms with Crippen molar-refractivity contribution in [2.24, 2.45) is 0 Å². The van der Waals surface area contributed by atoms with Crippen LogP contribution in [-0.2, 0) is 0 Å². The number of hydrogen-bond acceptors (Lipinski definition) is 6. The summed E-state index contributed by atoms with van der Waals surface area (Å²) in [6, 6.07) is 2.14. The van der Waals surface area contributed by atoms with Gasteiger partial charge in [0.2, 0.25) is 5.95 Å². The van der Waals surface area contributed by atoms with Gasteiger partial charge < -0.3 is 15.7 Å². The van der Waals surface area contributed by atoms with E-state index in [1.54, 1.807) is 11.3 Å². The van der Waals surface area contributed by atoms with Crippen molar-refractivity contribution in [1.82, 2.24) is 9.97 Å². The number of thiophene rings is 1. The average molecular weight is 308 g/mol. The first-order valence-corrected chi connectivity index (χ1v) is 8.43. The molecule has 0 aromatic carbocycles. The van der Waals surface area contributed by atoms with Crippen molar-refractivity contribution in [3.8, 4) is 0 Å². The Morgan fingerprint density at radius 1 is 1.14 bits per heavy atom. The summed E-state index contributed by atoms with van der Waals surface area (Å²) in [5, 5.41) is 16.6. The van der Waals surface area contributed by atoms with Gasteiger partial charge in [-0.25, -0.2) is 4.98 Å². The number of aliphatic hydroxyl groups excluding tert-OH is 1. The summed E-state index contributed by atoms with van der Waals surface area (Å²) in [5.41, 5.74) is 0. The Balaban J connectivity index is 2.10. The van der Waals surface area contributed by atoms with Crippen molar-refractivity contribution in [3.05, 3.63) is 10.9 Å². The summed E-state index contributed by atoms with van der Waals surface area (Å²) >= 11 is 1.70. The summed E-state index contributed by atoms with van der Waals surface area (Å²) in [6.07, 6.45) is 3.98. The van der Waals surface area contributed by atoms with Gasteiger partial charge in [0.15, 0.2) is 0 Å². The van der Waals surface area contributed by atoms with E-state index in [1.165, 1.54) is 4.88 Å². The largest absolute Gasteiger partial charge is 0.396 e. The van der Waals surface area contributed by atoms with E-state index in [4.69, 9.17) is 5.11 Å². The maximum Gasteiger partial charge on any atom is 0.226 e. The fourth-order valence-electron chi connectivity index (χ4n) is 2.11. The molecule has 6 heteroatoms. The van der Waals surface area contributed by atoms with Gasteiger partial charge in [0.05, 0.1) is 5.39 Å². The highest BCUT2D eigenvalue weighted by Gasteiger charge is 2.10. The Morgan fingerprint density at radius 3 is 2.76 bits per heavy atom. The molecule has 0 amide bonds. The van der Waals surface area contributed by atoms with Crippen LogP contribution in [0.5, 0.6) is 0 Å². The smallest absolute Gasteiger partial charge is 0.226 e. The monoisotopic (exact) mass is 308 g/mol. The number of anilines is 2. The van der Waals surface area contributed by atoms with Crippen LogP contribution in [0.25, 0.3) is 10.2 Å². The molecule has 0 unspecified atom stereocenters. The van der Waals surface area contributed by atoms with Gasteiger partial charge in [-0.2, -0.15) is 4.98 Å². The highest BCUT2D eigenvalue weighted by Crippen LogP contribution is 2.29. The molecule has 2 aromatic rings. The number of aliphatic hydroxyl groups is 1. The fraction of sp³-hybridized carbons (Fsp3) is 0.600. The van der Waals surface area contributed by atoms with E-state index in [0.717, 1.165) is 54.8 Å². The zero-order valence-electron chi connectivity index (χ0n) is 12.8. The molecule has 0 saturated carbocycles. The third kappa shape index (κ3) is 4.54. The van der Waals surface area contributed by atoms with Gasteiger partial charge in [0.25, 0.3) is 0 Å². The molecule has 0 aliphatic heterocycles. The van der Waals surface area contributed by atoms with E-state index in [9.17, 15) is 0 Å². The molecule has 5 nitrogen and oxygen atoms in total. The standard InChI is InChI=1S/C15H24N4OS/c1-3-7-17-15-18-13(16-8-5-4-6-9-20)12-10-11(2)21-14(12)19-15/h10,20H,3-9H2,1-2H3,(H2,16,17,18,19). The van der Waals surface area contributed by atoms with Gasteiger partial charge in [0, 0.05) is 24.6 Å². The zero-order chi connectivity index (χ0) is 15.1. The van der Waals surface area contributed by atoms with Crippen LogP contribution < -0.4 is 10.6 Å². The maximum atomic E-state index is 8.80. The Morgan fingerprint density at radius 2 is 2.00 bits per heavy atom. The highest BCUT2D eigenvalue weighted by atomic mass is 32.1. The normalized spacial score (nSPS) is 11.0. The molecule has 2 heterocycles. The summed E-state index contributed by atoms with van der Waals surface area (Å²) < 4.78 is 0. The second kappa shape index (κ2) is 8.14. The fourth-order valence-corrected chi connectivity index (χ4v) is 2.99. The topological polar surface area (TPSA) is 70.1 Å². The molecule has 0 saturated heterocycles. The van der Waals surface area contributed by atoms with Gasteiger partial charge in [-0.15, -0.1) is 11.3 Å². The van der Waals surface area contributed by atoms with Gasteiger partial charge in [0.1, 0.15) is 10.6 Å². The minimum absolute atomic E-state index is 0.270. The Labute approximate surface area is 129 Å². The molecule has 0 spiro atoms. The molecular weight excluding hydrogens is 284 g/mol. The van der Waals surface area contributed by atoms with Gasteiger partial charge in [-0.3, -0.25) is 0 Å². The molecule has 0 aliphatic carbocycles. The number of nitrogens with one attached hydrogen (secondary N) is 2. The van der Waals surface area contributed by atoms with Crippen LogP contribution in [-0.4, -0.2) is 34.8 Å². The molecule has 21 heavy (non-hydrogen) atoms. The number of fused-ring (bicyclic) bond motifs is 1. The molecule has 0 radical (unpaired) electrons. The van der Waals surface area contributed by atoms with Crippen LogP contribution >= 0.6 is 11.3 Å². The summed E-state index contributed by atoms with van der Waals surface area (Å²) in [6.45, 7) is 6.24. The van der Waals surface area contributed by atoms with E-state index >= 15 is 0 Å². The zero-order valence-corrected chi connectivity index (χ0v) is 13.6. The van der Waals surface area contributed by atoms with Crippen LogP contribution in [0.15, 0.2) is 6.07 Å². The van der Waals surface area contributed by atoms with E-state index < -0.39 is 0 Å². The molecule has 116 valence electrons. The molecule has 2 rings (SSSR count). The van der Waals surface area contributed by atoms with Crippen LogP contribution in [0.2, 0.25) is 0 Å².